The number of para-hydroxylation sites is 1. The highest BCUT2D eigenvalue weighted by Crippen LogP contribution is 2.36. The van der Waals surface area contributed by atoms with Crippen molar-refractivity contribution in [2.24, 2.45) is 5.41 Å². The summed E-state index contributed by atoms with van der Waals surface area (Å²) in [5.74, 6) is 0.255. The van der Waals surface area contributed by atoms with Gasteiger partial charge in [0.1, 0.15) is 10.7 Å². The zero-order valence-corrected chi connectivity index (χ0v) is 23.7. The second-order valence-electron chi connectivity index (χ2n) is 10.7. The largest absolute Gasteiger partial charge is 0.378 e. The quantitative estimate of drug-likeness (QED) is 0.400. The van der Waals surface area contributed by atoms with Crippen molar-refractivity contribution in [1.29, 1.82) is 0 Å². The Morgan fingerprint density at radius 3 is 2.47 bits per heavy atom. The van der Waals surface area contributed by atoms with Crippen molar-refractivity contribution in [3.8, 4) is 0 Å². The standard InChI is InChI=1S/C29H38N4O4S/c1-6-33(20-21-11-13-22(14-12-21)28(34)32(4)5)38(35,36)25-19-23-9-7-8-10-24(23)31-27(25)30-17-15-26-29(2,3)16-18-37-26/h7-14,19,26H,6,15-18,20H2,1-5H3,(H,30,31). The average Bonchev–Trinajstić information content (AvgIpc) is 3.24. The molecule has 0 saturated carbocycles. The number of hydrogen-bond acceptors (Lipinski definition) is 6. The van der Waals surface area contributed by atoms with E-state index in [1.165, 1.54) is 9.21 Å². The van der Waals surface area contributed by atoms with Crippen LogP contribution in [0.1, 0.15) is 49.5 Å². The van der Waals surface area contributed by atoms with Crippen molar-refractivity contribution < 1.29 is 17.9 Å². The molecule has 2 aromatic carbocycles. The van der Waals surface area contributed by atoms with Crippen LogP contribution >= 0.6 is 0 Å². The van der Waals surface area contributed by atoms with Crippen molar-refractivity contribution in [3.63, 3.8) is 0 Å². The normalized spacial score (nSPS) is 17.2. The minimum Gasteiger partial charge on any atom is -0.378 e. The predicted octanol–water partition coefficient (Wildman–Crippen LogP) is 4.76. The first-order valence-corrected chi connectivity index (χ1v) is 14.5. The number of ether oxygens (including phenoxy) is 1. The topological polar surface area (TPSA) is 91.8 Å². The van der Waals surface area contributed by atoms with Crippen molar-refractivity contribution in [1.82, 2.24) is 14.2 Å². The smallest absolute Gasteiger partial charge is 0.253 e. The summed E-state index contributed by atoms with van der Waals surface area (Å²) in [6, 6.07) is 16.3. The lowest BCUT2D eigenvalue weighted by atomic mass is 9.84. The third kappa shape index (κ3) is 6.00. The molecule has 1 aliphatic rings. The monoisotopic (exact) mass is 538 g/mol. The number of rotatable bonds is 10. The molecular formula is C29H38N4O4S. The molecule has 1 amide bonds. The molecule has 1 aliphatic heterocycles. The van der Waals surface area contributed by atoms with E-state index in [4.69, 9.17) is 9.72 Å². The number of anilines is 1. The van der Waals surface area contributed by atoms with Crippen LogP contribution in [0.4, 0.5) is 5.82 Å². The van der Waals surface area contributed by atoms with Gasteiger partial charge in [-0.3, -0.25) is 4.79 Å². The molecule has 0 bridgehead atoms. The molecule has 2 heterocycles. The third-order valence-electron chi connectivity index (χ3n) is 7.26. The Kier molecular flexibility index (Phi) is 8.40. The molecule has 0 aliphatic carbocycles. The van der Waals surface area contributed by atoms with Gasteiger partial charge in [-0.1, -0.05) is 51.1 Å². The molecule has 3 aromatic rings. The number of hydrogen-bond donors (Lipinski definition) is 1. The van der Waals surface area contributed by atoms with Crippen molar-refractivity contribution in [2.75, 3.05) is 39.1 Å². The molecule has 1 aromatic heterocycles. The fourth-order valence-electron chi connectivity index (χ4n) is 4.79. The fourth-order valence-corrected chi connectivity index (χ4v) is 6.36. The minimum atomic E-state index is -3.88. The van der Waals surface area contributed by atoms with Gasteiger partial charge in [-0.2, -0.15) is 4.31 Å². The van der Waals surface area contributed by atoms with Crippen LogP contribution in [0.25, 0.3) is 10.9 Å². The Balaban J connectivity index is 1.60. The van der Waals surface area contributed by atoms with Gasteiger partial charge in [0.05, 0.1) is 11.6 Å². The van der Waals surface area contributed by atoms with Crippen LogP contribution in [0.5, 0.6) is 0 Å². The van der Waals surface area contributed by atoms with Gasteiger partial charge in [-0.05, 0) is 48.1 Å². The zero-order chi connectivity index (χ0) is 27.5. The van der Waals surface area contributed by atoms with E-state index in [0.29, 0.717) is 17.9 Å². The lowest BCUT2D eigenvalue weighted by Crippen LogP contribution is -2.31. The van der Waals surface area contributed by atoms with E-state index in [0.717, 1.165) is 35.9 Å². The van der Waals surface area contributed by atoms with E-state index in [1.54, 1.807) is 44.4 Å². The van der Waals surface area contributed by atoms with Crippen LogP contribution in [-0.4, -0.2) is 68.4 Å². The third-order valence-corrected chi connectivity index (χ3v) is 9.20. The van der Waals surface area contributed by atoms with E-state index in [9.17, 15) is 13.2 Å². The summed E-state index contributed by atoms with van der Waals surface area (Å²) in [4.78, 5) is 18.6. The predicted molar refractivity (Wildman–Crippen MR) is 151 cm³/mol. The first kappa shape index (κ1) is 28.0. The molecule has 1 atom stereocenters. The first-order valence-electron chi connectivity index (χ1n) is 13.1. The van der Waals surface area contributed by atoms with E-state index in [2.05, 4.69) is 19.2 Å². The summed E-state index contributed by atoms with van der Waals surface area (Å²) in [7, 11) is -0.480. The summed E-state index contributed by atoms with van der Waals surface area (Å²) < 4.78 is 35.3. The molecule has 204 valence electrons. The van der Waals surface area contributed by atoms with Crippen LogP contribution in [0.2, 0.25) is 0 Å². The highest BCUT2D eigenvalue weighted by Gasteiger charge is 2.35. The molecule has 8 nitrogen and oxygen atoms in total. The average molecular weight is 539 g/mol. The molecule has 38 heavy (non-hydrogen) atoms. The molecule has 0 radical (unpaired) electrons. The van der Waals surface area contributed by atoms with E-state index in [1.807, 2.05) is 31.2 Å². The number of sulfonamides is 1. The van der Waals surface area contributed by atoms with E-state index < -0.39 is 10.0 Å². The molecule has 9 heteroatoms. The molecule has 1 fully saturated rings. The van der Waals surface area contributed by atoms with Gasteiger partial charge in [-0.15, -0.1) is 0 Å². The number of nitrogens with zero attached hydrogens (tertiary/aromatic N) is 3. The Labute approximate surface area is 226 Å². The second kappa shape index (κ2) is 11.4. The zero-order valence-electron chi connectivity index (χ0n) is 22.9. The SMILES string of the molecule is CCN(Cc1ccc(C(=O)N(C)C)cc1)S(=O)(=O)c1cc2ccccc2nc1NCCC1OCCC1(C)C. The molecule has 1 unspecified atom stereocenters. The van der Waals surface area contributed by atoms with Crippen molar-refractivity contribution >= 4 is 32.7 Å². The van der Waals surface area contributed by atoms with Gasteiger partial charge in [0.25, 0.3) is 5.91 Å². The van der Waals surface area contributed by atoms with Gasteiger partial charge < -0.3 is 15.0 Å². The van der Waals surface area contributed by atoms with Crippen LogP contribution in [-0.2, 0) is 21.3 Å². The molecule has 4 rings (SSSR count). The first-order chi connectivity index (χ1) is 18.0. The number of amides is 1. The van der Waals surface area contributed by atoms with Crippen LogP contribution in [0.3, 0.4) is 0 Å². The Morgan fingerprint density at radius 1 is 1.13 bits per heavy atom. The summed E-state index contributed by atoms with van der Waals surface area (Å²) in [5.41, 5.74) is 2.19. The maximum Gasteiger partial charge on any atom is 0.253 e. The van der Waals surface area contributed by atoms with Gasteiger partial charge >= 0.3 is 0 Å². The highest BCUT2D eigenvalue weighted by atomic mass is 32.2. The van der Waals surface area contributed by atoms with Crippen molar-refractivity contribution in [3.05, 3.63) is 65.7 Å². The molecular weight excluding hydrogens is 500 g/mol. The summed E-state index contributed by atoms with van der Waals surface area (Å²) in [6.45, 7) is 8.01. The number of pyridine rings is 1. The summed E-state index contributed by atoms with van der Waals surface area (Å²) in [6.07, 6.45) is 1.89. The second-order valence-corrected chi connectivity index (χ2v) is 12.6. The molecule has 1 saturated heterocycles. The maximum atomic E-state index is 14.0. The number of carbonyl (C=O) groups is 1. The van der Waals surface area contributed by atoms with Crippen molar-refractivity contribution in [2.45, 2.75) is 51.2 Å². The summed E-state index contributed by atoms with van der Waals surface area (Å²) >= 11 is 0. The number of aromatic nitrogens is 1. The van der Waals surface area contributed by atoms with Crippen LogP contribution in [0.15, 0.2) is 59.5 Å². The van der Waals surface area contributed by atoms with E-state index in [-0.39, 0.29) is 35.4 Å². The summed E-state index contributed by atoms with van der Waals surface area (Å²) in [5, 5.41) is 4.07. The fraction of sp³-hybridized carbons (Fsp3) is 0.448. The number of carbonyl (C=O) groups excluding carboxylic acids is 1. The van der Waals surface area contributed by atoms with Gasteiger partial charge in [0.15, 0.2) is 0 Å². The van der Waals surface area contributed by atoms with Gasteiger partial charge in [-0.25, -0.2) is 13.4 Å². The lowest BCUT2D eigenvalue weighted by molar-refractivity contribution is 0.0599. The van der Waals surface area contributed by atoms with Gasteiger partial charge in [0, 0.05) is 51.3 Å². The van der Waals surface area contributed by atoms with Crippen LogP contribution in [0, 0.1) is 5.41 Å². The van der Waals surface area contributed by atoms with Crippen LogP contribution < -0.4 is 5.32 Å². The van der Waals surface area contributed by atoms with E-state index >= 15 is 0 Å². The number of nitrogens with one attached hydrogen (secondary N) is 1. The number of benzene rings is 2. The molecule has 0 spiro atoms. The minimum absolute atomic E-state index is 0.0963. The lowest BCUT2D eigenvalue weighted by Gasteiger charge is -2.26. The Hall–Kier alpha value is -3.01. The number of fused-ring (bicyclic) bond motifs is 1. The highest BCUT2D eigenvalue weighted by molar-refractivity contribution is 7.89. The maximum absolute atomic E-state index is 14.0. The Bertz CT molecular complexity index is 1390. The van der Waals surface area contributed by atoms with Gasteiger partial charge in [0.2, 0.25) is 10.0 Å². The molecule has 1 N–H and O–H groups in total. The Morgan fingerprint density at radius 2 is 1.84 bits per heavy atom.